The summed E-state index contributed by atoms with van der Waals surface area (Å²) in [7, 11) is 0. The van der Waals surface area contributed by atoms with E-state index in [2.05, 4.69) is 0 Å². The van der Waals surface area contributed by atoms with Crippen LogP contribution in [0.1, 0.15) is 18.1 Å². The Hall–Kier alpha value is -1.65. The lowest BCUT2D eigenvalue weighted by Crippen LogP contribution is -2.36. The predicted octanol–water partition coefficient (Wildman–Crippen LogP) is 0.953. The Morgan fingerprint density at radius 2 is 1.94 bits per heavy atom. The molecule has 17 heavy (non-hydrogen) atoms. The largest absolute Gasteiger partial charge is 0.456 e. The first kappa shape index (κ1) is 11.8. The van der Waals surface area contributed by atoms with Crippen molar-refractivity contribution in [2.24, 2.45) is 0 Å². The summed E-state index contributed by atoms with van der Waals surface area (Å²) in [4.78, 5) is 11.0. The first-order valence-corrected chi connectivity index (χ1v) is 5.46. The van der Waals surface area contributed by atoms with E-state index in [9.17, 15) is 15.0 Å². The molecule has 1 heterocycles. The lowest BCUT2D eigenvalue weighted by Gasteiger charge is -2.27. The van der Waals surface area contributed by atoms with Crippen LogP contribution in [0.4, 0.5) is 0 Å². The third-order valence-electron chi connectivity index (χ3n) is 2.74. The van der Waals surface area contributed by atoms with Crippen LogP contribution in [-0.2, 0) is 9.53 Å². The van der Waals surface area contributed by atoms with Gasteiger partial charge < -0.3 is 14.9 Å². The monoisotopic (exact) mass is 234 g/mol. The van der Waals surface area contributed by atoms with Crippen LogP contribution < -0.4 is 0 Å². The van der Waals surface area contributed by atoms with E-state index in [0.29, 0.717) is 12.0 Å². The van der Waals surface area contributed by atoms with Crippen LogP contribution in [0.2, 0.25) is 0 Å². The molecule has 3 atom stereocenters. The number of hydrogen-bond donors (Lipinski definition) is 2. The van der Waals surface area contributed by atoms with Crippen LogP contribution in [0, 0.1) is 0 Å². The number of rotatable bonds is 3. The molecule has 4 nitrogen and oxygen atoms in total. The van der Waals surface area contributed by atoms with E-state index in [4.69, 9.17) is 4.74 Å². The number of carbonyl (C=O) groups excluding carboxylic acids is 1. The van der Waals surface area contributed by atoms with Gasteiger partial charge in [-0.05, 0) is 5.56 Å². The number of aliphatic hydroxyl groups is 2. The molecule has 90 valence electrons. The number of cyclic esters (lactones) is 1. The van der Waals surface area contributed by atoms with Gasteiger partial charge in [0.1, 0.15) is 18.3 Å². The molecule has 0 radical (unpaired) electrons. The lowest BCUT2D eigenvalue weighted by molar-refractivity contribution is -0.155. The molecule has 0 aromatic heterocycles. The predicted molar refractivity (Wildman–Crippen MR) is 61.0 cm³/mol. The molecule has 1 aromatic carbocycles. The van der Waals surface area contributed by atoms with Gasteiger partial charge in [-0.3, -0.25) is 0 Å². The fraction of sp³-hybridized carbons (Fsp3) is 0.308. The molecule has 2 N–H and O–H groups in total. The molecule has 0 amide bonds. The van der Waals surface area contributed by atoms with Crippen LogP contribution in [-0.4, -0.2) is 28.4 Å². The van der Waals surface area contributed by atoms with Crippen molar-refractivity contribution in [2.75, 3.05) is 0 Å². The Balaban J connectivity index is 2.07. The molecule has 0 fully saturated rings. The maximum Gasteiger partial charge on any atom is 0.330 e. The highest BCUT2D eigenvalue weighted by atomic mass is 16.6. The summed E-state index contributed by atoms with van der Waals surface area (Å²) in [6.07, 6.45) is 0.501. The number of hydrogen-bond acceptors (Lipinski definition) is 4. The molecule has 0 spiro atoms. The number of aliphatic hydroxyl groups excluding tert-OH is 2. The summed E-state index contributed by atoms with van der Waals surface area (Å²) in [5, 5.41) is 19.9. The van der Waals surface area contributed by atoms with Gasteiger partial charge in [0.05, 0.1) is 0 Å². The Morgan fingerprint density at radius 3 is 2.59 bits per heavy atom. The first-order valence-electron chi connectivity index (χ1n) is 5.46. The highest BCUT2D eigenvalue weighted by Gasteiger charge is 2.30. The van der Waals surface area contributed by atoms with Crippen molar-refractivity contribution in [3.8, 4) is 0 Å². The van der Waals surface area contributed by atoms with Crippen LogP contribution in [0.25, 0.3) is 0 Å². The third kappa shape index (κ3) is 2.72. The van der Waals surface area contributed by atoms with E-state index in [0.717, 1.165) is 0 Å². The third-order valence-corrected chi connectivity index (χ3v) is 2.74. The maximum absolute atomic E-state index is 11.0. The lowest BCUT2D eigenvalue weighted by atomic mass is 9.98. The quantitative estimate of drug-likeness (QED) is 0.764. The van der Waals surface area contributed by atoms with Gasteiger partial charge in [0, 0.05) is 12.5 Å². The number of carbonyl (C=O) groups is 1. The molecule has 0 aliphatic carbocycles. The second kappa shape index (κ2) is 5.12. The molecular formula is C13H14O4. The van der Waals surface area contributed by atoms with Gasteiger partial charge in [-0.2, -0.15) is 0 Å². The van der Waals surface area contributed by atoms with Crippen LogP contribution in [0.3, 0.4) is 0 Å². The van der Waals surface area contributed by atoms with Gasteiger partial charge in [-0.1, -0.05) is 36.4 Å². The van der Waals surface area contributed by atoms with Gasteiger partial charge in [-0.25, -0.2) is 4.79 Å². The molecule has 1 aliphatic heterocycles. The zero-order valence-electron chi connectivity index (χ0n) is 9.19. The summed E-state index contributed by atoms with van der Waals surface area (Å²) in [5.41, 5.74) is 0.602. The van der Waals surface area contributed by atoms with Crippen molar-refractivity contribution in [3.63, 3.8) is 0 Å². The van der Waals surface area contributed by atoms with E-state index < -0.39 is 24.3 Å². The fourth-order valence-electron chi connectivity index (χ4n) is 1.79. The minimum atomic E-state index is -1.12. The molecule has 0 saturated carbocycles. The van der Waals surface area contributed by atoms with Gasteiger partial charge in [-0.15, -0.1) is 0 Å². The molecular weight excluding hydrogens is 220 g/mol. The van der Waals surface area contributed by atoms with E-state index in [-0.39, 0.29) is 0 Å². The number of benzene rings is 1. The molecule has 4 heteroatoms. The summed E-state index contributed by atoms with van der Waals surface area (Å²) in [5.74, 6) is -0.486. The van der Waals surface area contributed by atoms with E-state index in [1.54, 1.807) is 30.3 Å². The summed E-state index contributed by atoms with van der Waals surface area (Å²) in [6.45, 7) is 0. The summed E-state index contributed by atoms with van der Waals surface area (Å²) < 4.78 is 4.95. The minimum absolute atomic E-state index is 0.413. The van der Waals surface area contributed by atoms with Crippen molar-refractivity contribution in [2.45, 2.75) is 24.7 Å². The minimum Gasteiger partial charge on any atom is -0.456 e. The zero-order chi connectivity index (χ0) is 12.3. The van der Waals surface area contributed by atoms with Crippen LogP contribution >= 0.6 is 0 Å². The van der Waals surface area contributed by atoms with Crippen molar-refractivity contribution in [1.29, 1.82) is 0 Å². The molecule has 0 saturated heterocycles. The van der Waals surface area contributed by atoms with Crippen molar-refractivity contribution in [3.05, 3.63) is 48.0 Å². The van der Waals surface area contributed by atoms with E-state index in [1.165, 1.54) is 6.08 Å². The van der Waals surface area contributed by atoms with Crippen LogP contribution in [0.15, 0.2) is 42.5 Å². The Morgan fingerprint density at radius 1 is 1.24 bits per heavy atom. The normalized spacial score (nSPS) is 22.9. The van der Waals surface area contributed by atoms with Crippen molar-refractivity contribution < 1.29 is 19.7 Å². The molecule has 1 aliphatic rings. The number of esters is 1. The van der Waals surface area contributed by atoms with Gasteiger partial charge in [0.25, 0.3) is 0 Å². The van der Waals surface area contributed by atoms with Gasteiger partial charge in [0.2, 0.25) is 0 Å². The van der Waals surface area contributed by atoms with Crippen molar-refractivity contribution >= 4 is 5.97 Å². The Kier molecular flexibility index (Phi) is 3.56. The molecule has 1 aromatic rings. The number of ether oxygens (including phenoxy) is 1. The van der Waals surface area contributed by atoms with Crippen molar-refractivity contribution in [1.82, 2.24) is 0 Å². The fourth-order valence-corrected chi connectivity index (χ4v) is 1.79. The van der Waals surface area contributed by atoms with E-state index >= 15 is 0 Å². The standard InChI is InChI=1S/C13H14O4/c14-11-8-4-7-10(17-11)13(16)12(15)9-5-2-1-3-6-9/h1-6,8,10,12-13,15-16H,7H2/t10-,12-,13+/m0/s1. The average Bonchev–Trinajstić information content (AvgIpc) is 2.38. The maximum atomic E-state index is 11.0. The highest BCUT2D eigenvalue weighted by molar-refractivity contribution is 5.82. The van der Waals surface area contributed by atoms with Gasteiger partial charge >= 0.3 is 5.97 Å². The summed E-state index contributed by atoms with van der Waals surface area (Å²) in [6, 6.07) is 8.81. The van der Waals surface area contributed by atoms with Gasteiger partial charge in [0.15, 0.2) is 0 Å². The second-order valence-electron chi connectivity index (χ2n) is 3.96. The Labute approximate surface area is 99.2 Å². The highest BCUT2D eigenvalue weighted by Crippen LogP contribution is 2.23. The second-order valence-corrected chi connectivity index (χ2v) is 3.96. The molecule has 0 unspecified atom stereocenters. The average molecular weight is 234 g/mol. The first-order chi connectivity index (χ1) is 8.18. The molecule has 2 rings (SSSR count). The zero-order valence-corrected chi connectivity index (χ0v) is 9.19. The summed E-state index contributed by atoms with van der Waals surface area (Å²) >= 11 is 0. The topological polar surface area (TPSA) is 66.8 Å². The van der Waals surface area contributed by atoms with E-state index in [1.807, 2.05) is 6.07 Å². The van der Waals surface area contributed by atoms with Crippen LogP contribution in [0.5, 0.6) is 0 Å². The SMILES string of the molecule is O=C1C=CC[C@@H]([C@@H](O)[C@@H](O)c2ccccc2)O1. The smallest absolute Gasteiger partial charge is 0.330 e. The Bertz CT molecular complexity index is 413. The molecule has 0 bridgehead atoms.